The average Bonchev–Trinajstić information content (AvgIpc) is 2.71. The minimum atomic E-state index is -4.90. The van der Waals surface area contributed by atoms with Gasteiger partial charge in [-0.1, -0.05) is 30.3 Å². The Labute approximate surface area is 190 Å². The van der Waals surface area contributed by atoms with Gasteiger partial charge in [0.2, 0.25) is 0 Å². The Bertz CT molecular complexity index is 1560. The first-order valence-electron chi connectivity index (χ1n) is 9.14. The third-order valence-corrected chi connectivity index (χ3v) is 7.56. The minimum Gasteiger partial charge on any atom is -0.282 e. The Morgan fingerprint density at radius 1 is 0.818 bits per heavy atom. The van der Waals surface area contributed by atoms with Gasteiger partial charge in [0.1, 0.15) is 10.6 Å². The Kier molecular flexibility index (Phi) is 6.97. The summed E-state index contributed by atoms with van der Waals surface area (Å²) in [6, 6.07) is 13.6. The molecule has 0 amide bonds. The molecule has 0 aliphatic carbocycles. The van der Waals surface area contributed by atoms with Crippen LogP contribution in [0.5, 0.6) is 0 Å². The average molecular weight is 515 g/mol. The smallest absolute Gasteiger partial charge is 0.282 e. The molecule has 0 heterocycles. The third-order valence-electron chi connectivity index (χ3n) is 4.54. The van der Waals surface area contributed by atoms with Gasteiger partial charge in [0.05, 0.1) is 22.9 Å². The lowest BCUT2D eigenvalue weighted by Gasteiger charge is -2.08. The molecule has 0 aromatic heterocycles. The number of aryl methyl sites for hydroxylation is 1. The van der Waals surface area contributed by atoms with Gasteiger partial charge in [-0.25, -0.2) is 12.6 Å². The van der Waals surface area contributed by atoms with Crippen LogP contribution in [0.3, 0.4) is 0 Å². The molecule has 0 radical (unpaired) electrons. The molecule has 0 unspecified atom stereocenters. The zero-order chi connectivity index (χ0) is 24.4. The molecule has 14 heteroatoms. The van der Waals surface area contributed by atoms with E-state index in [1.165, 1.54) is 0 Å². The first kappa shape index (κ1) is 24.9. The molecule has 0 fully saturated rings. The van der Waals surface area contributed by atoms with Gasteiger partial charge in [0.15, 0.2) is 9.84 Å². The number of sulfone groups is 1. The fraction of sp³-hybridized carbons (Fsp3) is 0.158. The van der Waals surface area contributed by atoms with Crippen molar-refractivity contribution in [1.82, 2.24) is 0 Å². The van der Waals surface area contributed by atoms with E-state index in [-0.39, 0.29) is 5.69 Å². The zero-order valence-corrected chi connectivity index (χ0v) is 19.4. The summed E-state index contributed by atoms with van der Waals surface area (Å²) >= 11 is 0. The van der Waals surface area contributed by atoms with Gasteiger partial charge in [-0.3, -0.25) is 9.11 Å². The maximum absolute atomic E-state index is 12.4. The molecule has 0 saturated carbocycles. The normalized spacial score (nSPS) is 13.1. The van der Waals surface area contributed by atoms with E-state index in [2.05, 4.69) is 14.4 Å². The number of hydrogen-bond donors (Lipinski definition) is 2. The fourth-order valence-electron chi connectivity index (χ4n) is 2.97. The van der Waals surface area contributed by atoms with Crippen molar-refractivity contribution < 1.29 is 38.5 Å². The van der Waals surface area contributed by atoms with E-state index in [0.29, 0.717) is 11.8 Å². The summed E-state index contributed by atoms with van der Waals surface area (Å²) in [7, 11) is -14.0. The summed E-state index contributed by atoms with van der Waals surface area (Å²) in [5.41, 5.74) is 1.11. The van der Waals surface area contributed by atoms with Crippen LogP contribution >= 0.6 is 0 Å². The maximum Gasteiger partial charge on any atom is 0.397 e. The molecule has 3 aromatic carbocycles. The van der Waals surface area contributed by atoms with Gasteiger partial charge < -0.3 is 0 Å². The molecule has 0 bridgehead atoms. The first-order chi connectivity index (χ1) is 15.3. The van der Waals surface area contributed by atoms with E-state index in [4.69, 9.17) is 4.55 Å². The second-order valence-corrected chi connectivity index (χ2v) is 11.4. The quantitative estimate of drug-likeness (QED) is 0.337. The summed E-state index contributed by atoms with van der Waals surface area (Å²) in [5.74, 6) is -0.881. The number of rotatable bonds is 8. The Balaban J connectivity index is 2.00. The number of benzene rings is 3. The third kappa shape index (κ3) is 6.19. The predicted molar refractivity (Wildman–Crippen MR) is 119 cm³/mol. The van der Waals surface area contributed by atoms with E-state index in [0.717, 1.165) is 28.5 Å². The van der Waals surface area contributed by atoms with Crippen LogP contribution in [0, 0.1) is 6.92 Å². The maximum atomic E-state index is 12.4. The van der Waals surface area contributed by atoms with E-state index in [9.17, 15) is 29.8 Å². The van der Waals surface area contributed by atoms with Crippen molar-refractivity contribution in [3.63, 3.8) is 0 Å². The fourth-order valence-corrected chi connectivity index (χ4v) is 5.21. The highest BCUT2D eigenvalue weighted by Gasteiger charge is 2.23. The standard InChI is InChI=1S/C19H18N2O9S3/c1-13-6-8-17(16-5-3-2-4-15(13)16)20-21-18-9-7-14(12-19(18)32(24,25)26)31(22,23)11-10-30-33(27,28)29/h2-9,12H,10-11H2,1H3,(H,24,25,26)(H,27,28,29). The van der Waals surface area contributed by atoms with Crippen LogP contribution in [0.4, 0.5) is 11.4 Å². The van der Waals surface area contributed by atoms with Crippen molar-refractivity contribution >= 4 is 52.5 Å². The van der Waals surface area contributed by atoms with Crippen molar-refractivity contribution in [2.45, 2.75) is 16.7 Å². The predicted octanol–water partition coefficient (Wildman–Crippen LogP) is 3.40. The molecule has 2 N–H and O–H groups in total. The van der Waals surface area contributed by atoms with E-state index in [1.807, 2.05) is 31.2 Å². The highest BCUT2D eigenvalue weighted by molar-refractivity contribution is 7.91. The van der Waals surface area contributed by atoms with E-state index in [1.54, 1.807) is 12.1 Å². The van der Waals surface area contributed by atoms with Crippen molar-refractivity contribution in [2.24, 2.45) is 10.2 Å². The summed E-state index contributed by atoms with van der Waals surface area (Å²) in [6.45, 7) is 1.02. The largest absolute Gasteiger partial charge is 0.397 e. The van der Waals surface area contributed by atoms with Crippen LogP contribution in [0.15, 0.2) is 74.6 Å². The van der Waals surface area contributed by atoms with E-state index >= 15 is 0 Å². The Morgan fingerprint density at radius 2 is 1.42 bits per heavy atom. The van der Waals surface area contributed by atoms with Gasteiger partial charge in [0.25, 0.3) is 10.1 Å². The highest BCUT2D eigenvalue weighted by Crippen LogP contribution is 2.32. The second-order valence-electron chi connectivity index (χ2n) is 6.82. The Morgan fingerprint density at radius 3 is 2.06 bits per heavy atom. The zero-order valence-electron chi connectivity index (χ0n) is 17.0. The summed E-state index contributed by atoms with van der Waals surface area (Å²) in [6.07, 6.45) is 0. The van der Waals surface area contributed by atoms with Crippen LogP contribution < -0.4 is 0 Å². The minimum absolute atomic E-state index is 0.310. The van der Waals surface area contributed by atoms with Gasteiger partial charge in [-0.2, -0.15) is 16.8 Å². The van der Waals surface area contributed by atoms with Gasteiger partial charge in [0, 0.05) is 5.39 Å². The van der Waals surface area contributed by atoms with Crippen LogP contribution in [0.25, 0.3) is 10.8 Å². The lowest BCUT2D eigenvalue weighted by molar-refractivity contribution is 0.284. The molecule has 176 valence electrons. The second kappa shape index (κ2) is 9.24. The first-order valence-corrected chi connectivity index (χ1v) is 13.6. The van der Waals surface area contributed by atoms with Crippen molar-refractivity contribution in [3.8, 4) is 0 Å². The lowest BCUT2D eigenvalue weighted by atomic mass is 10.0. The van der Waals surface area contributed by atoms with E-state index < -0.39 is 52.5 Å². The highest BCUT2D eigenvalue weighted by atomic mass is 32.3. The van der Waals surface area contributed by atoms with Crippen molar-refractivity contribution in [3.05, 3.63) is 60.2 Å². The lowest BCUT2D eigenvalue weighted by Crippen LogP contribution is -2.16. The Hall–Kier alpha value is -2.75. The summed E-state index contributed by atoms with van der Waals surface area (Å²) < 4.78 is 91.7. The van der Waals surface area contributed by atoms with Gasteiger partial charge >= 0.3 is 10.4 Å². The molecule has 0 saturated heterocycles. The van der Waals surface area contributed by atoms with Crippen LogP contribution in [-0.4, -0.2) is 46.7 Å². The molecule has 0 spiro atoms. The van der Waals surface area contributed by atoms with Gasteiger partial charge in [-0.15, -0.1) is 10.2 Å². The molecular formula is C19H18N2O9S3. The summed E-state index contributed by atoms with van der Waals surface area (Å²) in [5, 5.41) is 9.64. The van der Waals surface area contributed by atoms with Crippen molar-refractivity contribution in [2.75, 3.05) is 12.4 Å². The monoisotopic (exact) mass is 514 g/mol. The molecule has 33 heavy (non-hydrogen) atoms. The molecule has 3 aromatic rings. The molecule has 0 aliphatic rings. The molecule has 0 aliphatic heterocycles. The topological polar surface area (TPSA) is 177 Å². The molecule has 0 atom stereocenters. The number of azo groups is 1. The molecule has 11 nitrogen and oxygen atoms in total. The number of fused-ring (bicyclic) bond motifs is 1. The van der Waals surface area contributed by atoms with Crippen LogP contribution in [-0.2, 0) is 34.5 Å². The molecule has 3 rings (SSSR count). The number of nitrogens with zero attached hydrogens (tertiary/aromatic N) is 2. The summed E-state index contributed by atoms with van der Waals surface area (Å²) in [4.78, 5) is -1.34. The van der Waals surface area contributed by atoms with Crippen LogP contribution in [0.1, 0.15) is 5.56 Å². The molecular weight excluding hydrogens is 496 g/mol. The van der Waals surface area contributed by atoms with Crippen LogP contribution in [0.2, 0.25) is 0 Å². The van der Waals surface area contributed by atoms with Gasteiger partial charge in [-0.05, 0) is 42.1 Å². The number of hydrogen-bond acceptors (Lipinski definition) is 9. The van der Waals surface area contributed by atoms with Crippen molar-refractivity contribution in [1.29, 1.82) is 0 Å². The SMILES string of the molecule is Cc1ccc(N=Nc2ccc(S(=O)(=O)CCOS(=O)(=O)O)cc2S(=O)(=O)O)c2ccccc12.